The summed E-state index contributed by atoms with van der Waals surface area (Å²) < 4.78 is 0. The van der Waals surface area contributed by atoms with E-state index in [2.05, 4.69) is 15.3 Å². The molecule has 0 radical (unpaired) electrons. The van der Waals surface area contributed by atoms with Crippen LogP contribution in [0.5, 0.6) is 0 Å². The largest absolute Gasteiger partial charge is 0.347 e. The Labute approximate surface area is 141 Å². The lowest BCUT2D eigenvalue weighted by atomic mass is 10.2. The molecular formula is C19H18N4O. The third kappa shape index (κ3) is 3.76. The first-order valence-electron chi connectivity index (χ1n) is 7.67. The summed E-state index contributed by atoms with van der Waals surface area (Å²) >= 11 is 0. The van der Waals surface area contributed by atoms with Crippen LogP contribution >= 0.6 is 0 Å². The van der Waals surface area contributed by atoms with Crippen molar-refractivity contribution in [3.63, 3.8) is 0 Å². The zero-order valence-corrected chi connectivity index (χ0v) is 13.4. The van der Waals surface area contributed by atoms with Gasteiger partial charge in [-0.15, -0.1) is 0 Å². The molecule has 5 heteroatoms. The molecule has 0 atom stereocenters. The van der Waals surface area contributed by atoms with Crippen molar-refractivity contribution < 1.29 is 4.79 Å². The SMILES string of the molecule is CN(c1ccccc1)c1cc(C(=O)NCc2ccccc2)ncn1. The average molecular weight is 318 g/mol. The Morgan fingerprint density at radius 2 is 1.67 bits per heavy atom. The highest BCUT2D eigenvalue weighted by Gasteiger charge is 2.11. The summed E-state index contributed by atoms with van der Waals surface area (Å²) in [6.45, 7) is 0.466. The van der Waals surface area contributed by atoms with Gasteiger partial charge in [-0.25, -0.2) is 9.97 Å². The van der Waals surface area contributed by atoms with Gasteiger partial charge in [0.2, 0.25) is 0 Å². The predicted octanol–water partition coefficient (Wildman–Crippen LogP) is 3.17. The second-order valence-electron chi connectivity index (χ2n) is 5.32. The molecule has 120 valence electrons. The normalized spacial score (nSPS) is 10.2. The number of hydrogen-bond donors (Lipinski definition) is 1. The molecule has 0 aliphatic carbocycles. The summed E-state index contributed by atoms with van der Waals surface area (Å²) in [5.74, 6) is 0.449. The third-order valence-electron chi connectivity index (χ3n) is 3.67. The van der Waals surface area contributed by atoms with Gasteiger partial charge in [0.05, 0.1) is 0 Å². The molecule has 1 N–H and O–H groups in total. The summed E-state index contributed by atoms with van der Waals surface area (Å²) in [5, 5.41) is 2.87. The molecule has 0 unspecified atom stereocenters. The number of aromatic nitrogens is 2. The molecule has 1 aromatic heterocycles. The fourth-order valence-electron chi connectivity index (χ4n) is 2.31. The van der Waals surface area contributed by atoms with Crippen LogP contribution in [-0.2, 0) is 6.54 Å². The molecule has 5 nitrogen and oxygen atoms in total. The Balaban J connectivity index is 1.71. The number of anilines is 2. The number of hydrogen-bond acceptors (Lipinski definition) is 4. The first-order valence-corrected chi connectivity index (χ1v) is 7.67. The van der Waals surface area contributed by atoms with Gasteiger partial charge in [-0.05, 0) is 17.7 Å². The highest BCUT2D eigenvalue weighted by atomic mass is 16.1. The summed E-state index contributed by atoms with van der Waals surface area (Å²) in [6, 6.07) is 21.3. The van der Waals surface area contributed by atoms with Crippen LogP contribution in [-0.4, -0.2) is 22.9 Å². The molecule has 0 spiro atoms. The number of benzene rings is 2. The Morgan fingerprint density at radius 3 is 2.38 bits per heavy atom. The number of nitrogens with zero attached hydrogens (tertiary/aromatic N) is 3. The van der Waals surface area contributed by atoms with Crippen molar-refractivity contribution in [1.29, 1.82) is 0 Å². The smallest absolute Gasteiger partial charge is 0.270 e. The number of para-hydroxylation sites is 1. The first-order chi connectivity index (χ1) is 11.7. The minimum Gasteiger partial charge on any atom is -0.347 e. The fourth-order valence-corrected chi connectivity index (χ4v) is 2.31. The van der Waals surface area contributed by atoms with E-state index in [9.17, 15) is 4.79 Å². The van der Waals surface area contributed by atoms with E-state index >= 15 is 0 Å². The lowest BCUT2D eigenvalue weighted by Crippen LogP contribution is -2.24. The molecular weight excluding hydrogens is 300 g/mol. The van der Waals surface area contributed by atoms with E-state index in [1.807, 2.05) is 72.6 Å². The van der Waals surface area contributed by atoms with E-state index < -0.39 is 0 Å². The topological polar surface area (TPSA) is 58.1 Å². The molecule has 2 aromatic carbocycles. The second-order valence-corrected chi connectivity index (χ2v) is 5.32. The number of nitrogens with one attached hydrogen (secondary N) is 1. The summed E-state index contributed by atoms with van der Waals surface area (Å²) in [4.78, 5) is 22.6. The van der Waals surface area contributed by atoms with Gasteiger partial charge < -0.3 is 10.2 Å². The van der Waals surface area contributed by atoms with Gasteiger partial charge in [0.1, 0.15) is 17.8 Å². The van der Waals surface area contributed by atoms with Crippen LogP contribution in [0.15, 0.2) is 73.1 Å². The molecule has 0 bridgehead atoms. The monoisotopic (exact) mass is 318 g/mol. The Hall–Kier alpha value is -3.21. The minimum atomic E-state index is -0.219. The number of rotatable bonds is 5. The van der Waals surface area contributed by atoms with Gasteiger partial charge in [0.15, 0.2) is 0 Å². The third-order valence-corrected chi connectivity index (χ3v) is 3.67. The molecule has 0 saturated carbocycles. The van der Waals surface area contributed by atoms with Crippen molar-refractivity contribution >= 4 is 17.4 Å². The van der Waals surface area contributed by atoms with E-state index in [4.69, 9.17) is 0 Å². The van der Waals surface area contributed by atoms with E-state index in [1.165, 1.54) is 6.33 Å². The van der Waals surface area contributed by atoms with Crippen molar-refractivity contribution in [3.8, 4) is 0 Å². The van der Waals surface area contributed by atoms with Crippen LogP contribution in [0, 0.1) is 0 Å². The van der Waals surface area contributed by atoms with Crippen molar-refractivity contribution in [1.82, 2.24) is 15.3 Å². The molecule has 3 rings (SSSR count). The van der Waals surface area contributed by atoms with Gasteiger partial charge in [-0.2, -0.15) is 0 Å². The van der Waals surface area contributed by atoms with Crippen LogP contribution < -0.4 is 10.2 Å². The Bertz CT molecular complexity index is 806. The van der Waals surface area contributed by atoms with Crippen molar-refractivity contribution in [2.75, 3.05) is 11.9 Å². The second kappa shape index (κ2) is 7.37. The molecule has 3 aromatic rings. The summed E-state index contributed by atoms with van der Waals surface area (Å²) in [6.07, 6.45) is 1.41. The van der Waals surface area contributed by atoms with Gasteiger partial charge in [0.25, 0.3) is 5.91 Å². The fraction of sp³-hybridized carbons (Fsp3) is 0.105. The van der Waals surface area contributed by atoms with Crippen molar-refractivity contribution in [2.45, 2.75) is 6.54 Å². The lowest BCUT2D eigenvalue weighted by molar-refractivity contribution is 0.0946. The molecule has 0 aliphatic heterocycles. The first kappa shape index (κ1) is 15.7. The zero-order valence-electron chi connectivity index (χ0n) is 13.4. The quantitative estimate of drug-likeness (QED) is 0.785. The molecule has 1 amide bonds. The summed E-state index contributed by atoms with van der Waals surface area (Å²) in [5.41, 5.74) is 2.38. The Morgan fingerprint density at radius 1 is 1.00 bits per heavy atom. The molecule has 0 aliphatic rings. The standard InChI is InChI=1S/C19H18N4O/c1-23(16-10-6-3-7-11-16)18-12-17(21-14-22-18)19(24)20-13-15-8-4-2-5-9-15/h2-12,14H,13H2,1H3,(H,20,24). The van der Waals surface area contributed by atoms with Gasteiger partial charge >= 0.3 is 0 Å². The zero-order chi connectivity index (χ0) is 16.8. The van der Waals surface area contributed by atoms with Crippen LogP contribution in [0.2, 0.25) is 0 Å². The van der Waals surface area contributed by atoms with Gasteiger partial charge in [-0.3, -0.25) is 4.79 Å². The van der Waals surface area contributed by atoms with Crippen molar-refractivity contribution in [3.05, 3.63) is 84.3 Å². The molecule has 0 fully saturated rings. The summed E-state index contributed by atoms with van der Waals surface area (Å²) in [7, 11) is 1.91. The maximum Gasteiger partial charge on any atom is 0.270 e. The van der Waals surface area contributed by atoms with Gasteiger partial charge in [0, 0.05) is 25.3 Å². The van der Waals surface area contributed by atoms with Gasteiger partial charge in [-0.1, -0.05) is 48.5 Å². The number of carbonyl (C=O) groups is 1. The van der Waals surface area contributed by atoms with Crippen LogP contribution in [0.1, 0.15) is 16.1 Å². The van der Waals surface area contributed by atoms with Crippen LogP contribution in [0.25, 0.3) is 0 Å². The number of carbonyl (C=O) groups excluding carboxylic acids is 1. The molecule has 0 saturated heterocycles. The molecule has 24 heavy (non-hydrogen) atoms. The Kier molecular flexibility index (Phi) is 4.81. The predicted molar refractivity (Wildman–Crippen MR) is 94.1 cm³/mol. The highest BCUT2D eigenvalue weighted by Crippen LogP contribution is 2.20. The van der Waals surface area contributed by atoms with E-state index in [1.54, 1.807) is 6.07 Å². The minimum absolute atomic E-state index is 0.219. The van der Waals surface area contributed by atoms with E-state index in [-0.39, 0.29) is 5.91 Å². The van der Waals surface area contributed by atoms with Crippen LogP contribution in [0.4, 0.5) is 11.5 Å². The van der Waals surface area contributed by atoms with E-state index in [0.29, 0.717) is 18.1 Å². The van der Waals surface area contributed by atoms with Crippen LogP contribution in [0.3, 0.4) is 0 Å². The maximum absolute atomic E-state index is 12.3. The van der Waals surface area contributed by atoms with E-state index in [0.717, 1.165) is 11.3 Å². The maximum atomic E-state index is 12.3. The van der Waals surface area contributed by atoms with Crippen molar-refractivity contribution in [2.24, 2.45) is 0 Å². The molecule has 1 heterocycles. The average Bonchev–Trinajstić information content (AvgIpc) is 2.67. The highest BCUT2D eigenvalue weighted by molar-refractivity contribution is 5.93. The number of amides is 1. The lowest BCUT2D eigenvalue weighted by Gasteiger charge is -2.18.